The summed E-state index contributed by atoms with van der Waals surface area (Å²) in [6, 6.07) is 3.44. The van der Waals surface area contributed by atoms with Crippen molar-refractivity contribution in [3.63, 3.8) is 0 Å². The number of aliphatic hydroxyl groups excluding tert-OH is 1. The Morgan fingerprint density at radius 1 is 1.10 bits per heavy atom. The molecule has 0 aromatic carbocycles. The highest BCUT2D eigenvalue weighted by molar-refractivity contribution is 5.97. The van der Waals surface area contributed by atoms with Crippen LogP contribution in [0.15, 0.2) is 29.6 Å². The molecule has 1 heterocycles. The third-order valence-electron chi connectivity index (χ3n) is 9.61. The maximum absolute atomic E-state index is 12.5. The highest BCUT2D eigenvalue weighted by atomic mass is 16.3. The molecule has 4 fully saturated rings. The Labute approximate surface area is 179 Å². The summed E-state index contributed by atoms with van der Waals surface area (Å²) in [7, 11) is 0. The van der Waals surface area contributed by atoms with E-state index in [1.807, 2.05) is 0 Å². The molecule has 4 aliphatic carbocycles. The molecule has 1 aromatic heterocycles. The Morgan fingerprint density at radius 2 is 1.90 bits per heavy atom. The van der Waals surface area contributed by atoms with Gasteiger partial charge >= 0.3 is 0 Å². The first-order chi connectivity index (χ1) is 14.4. The Morgan fingerprint density at radius 3 is 2.70 bits per heavy atom. The molecular weight excluding hydrogens is 374 g/mol. The van der Waals surface area contributed by atoms with Crippen LogP contribution in [0.3, 0.4) is 0 Å². The first-order valence-corrected chi connectivity index (χ1v) is 11.9. The SMILES string of the molecule is C[C@]12CC[C@H](O)C[C@@H]1CC[C@@H]1[C@@H]2CC[C@]2(C)/C(=N\NC(=O)c3ccncc3)CC[C@@H]12. The monoisotopic (exact) mass is 409 g/mol. The van der Waals surface area contributed by atoms with E-state index in [1.165, 1.54) is 44.2 Å². The van der Waals surface area contributed by atoms with E-state index in [2.05, 4.69) is 29.4 Å². The van der Waals surface area contributed by atoms with Crippen molar-refractivity contribution in [2.75, 3.05) is 0 Å². The molecule has 0 bridgehead atoms. The summed E-state index contributed by atoms with van der Waals surface area (Å²) in [5.41, 5.74) is 5.13. The van der Waals surface area contributed by atoms with E-state index < -0.39 is 0 Å². The number of nitrogens with one attached hydrogen (secondary N) is 1. The lowest BCUT2D eigenvalue weighted by Crippen LogP contribution is -2.54. The molecule has 0 aliphatic heterocycles. The van der Waals surface area contributed by atoms with Crippen LogP contribution in [0.5, 0.6) is 0 Å². The minimum atomic E-state index is -0.153. The maximum atomic E-state index is 12.5. The summed E-state index contributed by atoms with van der Waals surface area (Å²) in [6.45, 7) is 4.93. The molecule has 4 saturated carbocycles. The van der Waals surface area contributed by atoms with Crippen LogP contribution in [0, 0.1) is 34.5 Å². The average molecular weight is 410 g/mol. The smallest absolute Gasteiger partial charge is 0.271 e. The number of pyridine rings is 1. The van der Waals surface area contributed by atoms with Crippen LogP contribution in [0.2, 0.25) is 0 Å². The summed E-state index contributed by atoms with van der Waals surface area (Å²) in [5.74, 6) is 2.77. The lowest BCUT2D eigenvalue weighted by Gasteiger charge is -2.60. The summed E-state index contributed by atoms with van der Waals surface area (Å²) in [6.07, 6.45) is 13.6. The fourth-order valence-electron chi connectivity index (χ4n) is 7.89. The van der Waals surface area contributed by atoms with Crippen LogP contribution in [0.1, 0.15) is 82.0 Å². The summed E-state index contributed by atoms with van der Waals surface area (Å²) < 4.78 is 0. The van der Waals surface area contributed by atoms with Crippen LogP contribution < -0.4 is 5.43 Å². The van der Waals surface area contributed by atoms with Gasteiger partial charge in [0.2, 0.25) is 0 Å². The Kier molecular flexibility index (Phi) is 5.00. The summed E-state index contributed by atoms with van der Waals surface area (Å²) >= 11 is 0. The van der Waals surface area contributed by atoms with Gasteiger partial charge in [-0.1, -0.05) is 13.8 Å². The lowest BCUT2D eigenvalue weighted by atomic mass is 9.45. The molecule has 4 aliphatic rings. The number of amides is 1. The maximum Gasteiger partial charge on any atom is 0.271 e. The van der Waals surface area contributed by atoms with Gasteiger partial charge in [-0.2, -0.15) is 5.10 Å². The van der Waals surface area contributed by atoms with Gasteiger partial charge in [0.05, 0.1) is 6.10 Å². The van der Waals surface area contributed by atoms with Gasteiger partial charge in [0.1, 0.15) is 0 Å². The van der Waals surface area contributed by atoms with Crippen LogP contribution >= 0.6 is 0 Å². The molecule has 162 valence electrons. The van der Waals surface area contributed by atoms with Crippen LogP contribution in [0.4, 0.5) is 0 Å². The average Bonchev–Trinajstić information content (AvgIpc) is 3.09. The zero-order valence-corrected chi connectivity index (χ0v) is 18.3. The molecule has 5 nitrogen and oxygen atoms in total. The van der Waals surface area contributed by atoms with Crippen molar-refractivity contribution in [1.82, 2.24) is 10.4 Å². The number of carbonyl (C=O) groups excluding carboxylic acids is 1. The molecule has 0 radical (unpaired) electrons. The van der Waals surface area contributed by atoms with Crippen molar-refractivity contribution in [3.8, 4) is 0 Å². The fourth-order valence-corrected chi connectivity index (χ4v) is 7.89. The second kappa shape index (κ2) is 7.44. The first-order valence-electron chi connectivity index (χ1n) is 11.9. The van der Waals surface area contributed by atoms with Gasteiger partial charge in [-0.05, 0) is 99.0 Å². The van der Waals surface area contributed by atoms with Crippen LogP contribution in [-0.4, -0.2) is 27.8 Å². The van der Waals surface area contributed by atoms with E-state index in [9.17, 15) is 9.90 Å². The Bertz CT molecular complexity index is 840. The summed E-state index contributed by atoms with van der Waals surface area (Å²) in [4.78, 5) is 16.4. The van der Waals surface area contributed by atoms with Crippen molar-refractivity contribution in [2.24, 2.45) is 39.6 Å². The highest BCUT2D eigenvalue weighted by Crippen LogP contribution is 2.65. The number of aromatic nitrogens is 1. The topological polar surface area (TPSA) is 74.6 Å². The molecule has 0 spiro atoms. The van der Waals surface area contributed by atoms with Gasteiger partial charge in [-0.25, -0.2) is 5.43 Å². The normalized spacial score (nSPS) is 44.1. The second-order valence-electron chi connectivity index (χ2n) is 10.8. The van der Waals surface area contributed by atoms with E-state index >= 15 is 0 Å². The predicted molar refractivity (Wildman–Crippen MR) is 117 cm³/mol. The Balaban J connectivity index is 1.33. The van der Waals surface area contributed by atoms with Crippen LogP contribution in [-0.2, 0) is 0 Å². The van der Waals surface area contributed by atoms with Crippen molar-refractivity contribution >= 4 is 11.6 Å². The van der Waals surface area contributed by atoms with E-state index in [0.717, 1.165) is 31.1 Å². The highest BCUT2D eigenvalue weighted by Gasteiger charge is 2.59. The fraction of sp³-hybridized carbons (Fsp3) is 0.720. The van der Waals surface area contributed by atoms with Gasteiger partial charge in [-0.3, -0.25) is 9.78 Å². The third kappa shape index (κ3) is 3.12. The molecule has 0 unspecified atom stereocenters. The minimum Gasteiger partial charge on any atom is -0.393 e. The molecular formula is C25H35N3O2. The van der Waals surface area contributed by atoms with Gasteiger partial charge in [-0.15, -0.1) is 0 Å². The second-order valence-corrected chi connectivity index (χ2v) is 10.8. The van der Waals surface area contributed by atoms with Crippen LogP contribution in [0.25, 0.3) is 0 Å². The number of hydrogen-bond donors (Lipinski definition) is 2. The van der Waals surface area contributed by atoms with Crippen molar-refractivity contribution < 1.29 is 9.90 Å². The van der Waals surface area contributed by atoms with Gasteiger partial charge in [0.15, 0.2) is 0 Å². The van der Waals surface area contributed by atoms with Gasteiger partial charge in [0, 0.05) is 29.1 Å². The number of nitrogens with zero attached hydrogens (tertiary/aromatic N) is 2. The van der Waals surface area contributed by atoms with Crippen molar-refractivity contribution in [1.29, 1.82) is 0 Å². The summed E-state index contributed by atoms with van der Waals surface area (Å²) in [5, 5.41) is 14.9. The van der Waals surface area contributed by atoms with E-state index in [-0.39, 0.29) is 17.4 Å². The predicted octanol–water partition coefficient (Wildman–Crippen LogP) is 4.57. The van der Waals surface area contributed by atoms with Crippen molar-refractivity contribution in [2.45, 2.75) is 77.7 Å². The van der Waals surface area contributed by atoms with E-state index in [1.54, 1.807) is 24.5 Å². The zero-order valence-electron chi connectivity index (χ0n) is 18.3. The Hall–Kier alpha value is -1.75. The number of aliphatic hydroxyl groups is 1. The lowest BCUT2D eigenvalue weighted by molar-refractivity contribution is -0.113. The number of hydrazone groups is 1. The molecule has 7 atom stereocenters. The molecule has 2 N–H and O–H groups in total. The number of fused-ring (bicyclic) bond motifs is 5. The first kappa shape index (κ1) is 20.2. The molecule has 5 heteroatoms. The molecule has 0 saturated heterocycles. The zero-order chi connectivity index (χ0) is 20.9. The minimum absolute atomic E-state index is 0.0808. The van der Waals surface area contributed by atoms with Gasteiger partial charge in [0.25, 0.3) is 5.91 Å². The van der Waals surface area contributed by atoms with Gasteiger partial charge < -0.3 is 5.11 Å². The number of rotatable bonds is 2. The standard InChI is InChI=1S/C25H35N3O2/c1-24-11-7-18(29)15-17(24)3-4-19-20-5-6-22(25(20,2)12-8-21(19)24)27-28-23(30)16-9-13-26-14-10-16/h9-10,13-14,17-21,29H,3-8,11-12,15H2,1-2H3,(H,28,30)/b27-22-/t17-,18-,19-,20-,21-,24-,25-/m0/s1. The third-order valence-corrected chi connectivity index (χ3v) is 9.61. The molecule has 5 rings (SSSR count). The molecule has 1 amide bonds. The van der Waals surface area contributed by atoms with E-state index in [0.29, 0.717) is 22.8 Å². The molecule has 30 heavy (non-hydrogen) atoms. The van der Waals surface area contributed by atoms with Crippen molar-refractivity contribution in [3.05, 3.63) is 30.1 Å². The number of carbonyl (C=O) groups is 1. The quantitative estimate of drug-likeness (QED) is 0.703. The largest absolute Gasteiger partial charge is 0.393 e. The van der Waals surface area contributed by atoms with E-state index in [4.69, 9.17) is 0 Å². The number of hydrogen-bond acceptors (Lipinski definition) is 4. The molecule has 1 aromatic rings.